The predicted molar refractivity (Wildman–Crippen MR) is 146 cm³/mol. The average Bonchev–Trinajstić information content (AvgIpc) is 2.84. The second-order valence-electron chi connectivity index (χ2n) is 9.76. The molecule has 194 valence electrons. The number of benzene rings is 2. The molecular formula is C31H40O5. The first-order valence-electron chi connectivity index (χ1n) is 12.8. The number of carbonyl (C=O) groups is 2. The molecule has 36 heavy (non-hydrogen) atoms. The van der Waals surface area contributed by atoms with E-state index in [0.29, 0.717) is 36.7 Å². The van der Waals surface area contributed by atoms with Crippen molar-refractivity contribution >= 4 is 17.8 Å². The van der Waals surface area contributed by atoms with Crippen LogP contribution in [0.2, 0.25) is 0 Å². The first-order valence-corrected chi connectivity index (χ1v) is 12.8. The number of hydrogen-bond donors (Lipinski definition) is 0. The number of allylic oxidation sites excluding steroid dienone is 2. The van der Waals surface area contributed by atoms with Crippen LogP contribution in [0.5, 0.6) is 17.2 Å². The van der Waals surface area contributed by atoms with Crippen LogP contribution in [-0.4, -0.2) is 25.0 Å². The lowest BCUT2D eigenvalue weighted by Crippen LogP contribution is -2.25. The van der Waals surface area contributed by atoms with Gasteiger partial charge in [-0.25, -0.2) is 0 Å². The molecule has 0 radical (unpaired) electrons. The quantitative estimate of drug-likeness (QED) is 0.0678. The van der Waals surface area contributed by atoms with Gasteiger partial charge in [-0.05, 0) is 88.1 Å². The summed E-state index contributed by atoms with van der Waals surface area (Å²) in [6, 6.07) is 10.5. The van der Waals surface area contributed by atoms with Crippen LogP contribution < -0.4 is 14.2 Å². The van der Waals surface area contributed by atoms with E-state index >= 15 is 0 Å². The summed E-state index contributed by atoms with van der Waals surface area (Å²) < 4.78 is 17.5. The van der Waals surface area contributed by atoms with Crippen LogP contribution in [0.25, 0.3) is 6.08 Å². The van der Waals surface area contributed by atoms with Crippen molar-refractivity contribution in [2.75, 3.05) is 13.2 Å². The Bertz CT molecular complexity index is 1040. The molecule has 0 saturated heterocycles. The highest BCUT2D eigenvalue weighted by atomic mass is 16.5. The largest absolute Gasteiger partial charge is 0.493 e. The zero-order chi connectivity index (χ0) is 26.6. The van der Waals surface area contributed by atoms with Crippen LogP contribution in [0.3, 0.4) is 0 Å². The van der Waals surface area contributed by atoms with Gasteiger partial charge in [-0.1, -0.05) is 32.8 Å². The number of hydrogen-bond acceptors (Lipinski definition) is 5. The van der Waals surface area contributed by atoms with E-state index < -0.39 is 5.41 Å². The number of rotatable bonds is 14. The maximum Gasteiger partial charge on any atom is 0.316 e. The lowest BCUT2D eigenvalue weighted by Gasteiger charge is -2.16. The Morgan fingerprint density at radius 2 is 1.53 bits per heavy atom. The van der Waals surface area contributed by atoms with E-state index in [9.17, 15) is 9.59 Å². The highest BCUT2D eigenvalue weighted by molar-refractivity contribution is 6.07. The van der Waals surface area contributed by atoms with Gasteiger partial charge in [0.1, 0.15) is 17.2 Å². The van der Waals surface area contributed by atoms with Gasteiger partial charge in [0.15, 0.2) is 5.78 Å². The highest BCUT2D eigenvalue weighted by Gasteiger charge is 2.23. The van der Waals surface area contributed by atoms with E-state index in [4.69, 9.17) is 14.2 Å². The van der Waals surface area contributed by atoms with E-state index in [1.807, 2.05) is 18.2 Å². The molecule has 2 aromatic rings. The van der Waals surface area contributed by atoms with Gasteiger partial charge in [-0.15, -0.1) is 6.58 Å². The minimum absolute atomic E-state index is 0.156. The Hall–Kier alpha value is -3.34. The van der Waals surface area contributed by atoms with Gasteiger partial charge >= 0.3 is 5.97 Å². The van der Waals surface area contributed by atoms with E-state index in [-0.39, 0.29) is 11.8 Å². The number of carbonyl (C=O) groups excluding carboxylic acids is 2. The van der Waals surface area contributed by atoms with Crippen molar-refractivity contribution in [1.29, 1.82) is 0 Å². The molecular weight excluding hydrogens is 452 g/mol. The van der Waals surface area contributed by atoms with E-state index in [1.165, 1.54) is 6.08 Å². The van der Waals surface area contributed by atoms with Gasteiger partial charge in [-0.2, -0.15) is 0 Å². The van der Waals surface area contributed by atoms with E-state index in [0.717, 1.165) is 42.6 Å². The first kappa shape index (κ1) is 28.9. The first-order chi connectivity index (χ1) is 17.2. The summed E-state index contributed by atoms with van der Waals surface area (Å²) >= 11 is 0. The molecule has 0 saturated carbocycles. The zero-order valence-electron chi connectivity index (χ0n) is 22.4. The Morgan fingerprint density at radius 3 is 2.08 bits per heavy atom. The molecule has 2 rings (SSSR count). The molecule has 0 aromatic heterocycles. The Labute approximate surface area is 216 Å². The van der Waals surface area contributed by atoms with Crippen molar-refractivity contribution in [2.45, 2.75) is 66.7 Å². The van der Waals surface area contributed by atoms with Crippen LogP contribution in [0.4, 0.5) is 0 Å². The molecule has 0 aliphatic carbocycles. The van der Waals surface area contributed by atoms with Crippen molar-refractivity contribution in [2.24, 2.45) is 5.41 Å². The Balaban J connectivity index is 2.26. The molecule has 0 bridgehead atoms. The number of esters is 1. The topological polar surface area (TPSA) is 61.8 Å². The molecule has 0 aliphatic heterocycles. The molecule has 0 fully saturated rings. The predicted octanol–water partition coefficient (Wildman–Crippen LogP) is 7.62. The van der Waals surface area contributed by atoms with Crippen LogP contribution >= 0.6 is 0 Å². The highest BCUT2D eigenvalue weighted by Crippen LogP contribution is 2.32. The summed E-state index contributed by atoms with van der Waals surface area (Å²) in [7, 11) is 0. The molecule has 0 amide bonds. The smallest absolute Gasteiger partial charge is 0.316 e. The van der Waals surface area contributed by atoms with Gasteiger partial charge in [0.2, 0.25) is 0 Å². The number of unbranched alkanes of at least 4 members (excludes halogenated alkanes) is 2. The second kappa shape index (κ2) is 14.3. The van der Waals surface area contributed by atoms with Gasteiger partial charge in [-0.3, -0.25) is 9.59 Å². The molecule has 5 heteroatoms. The average molecular weight is 493 g/mol. The fourth-order valence-corrected chi connectivity index (χ4v) is 3.19. The van der Waals surface area contributed by atoms with Crippen LogP contribution in [0.15, 0.2) is 55.1 Å². The van der Waals surface area contributed by atoms with Gasteiger partial charge in [0.25, 0.3) is 0 Å². The lowest BCUT2D eigenvalue weighted by atomic mass is 9.97. The zero-order valence-corrected chi connectivity index (χ0v) is 22.4. The third-order valence-electron chi connectivity index (χ3n) is 5.44. The van der Waals surface area contributed by atoms with E-state index in [1.54, 1.807) is 51.1 Å². The number of ketones is 1. The third-order valence-corrected chi connectivity index (χ3v) is 5.44. The van der Waals surface area contributed by atoms with Gasteiger partial charge in [0, 0.05) is 17.2 Å². The third kappa shape index (κ3) is 9.03. The minimum Gasteiger partial charge on any atom is -0.493 e. The summed E-state index contributed by atoms with van der Waals surface area (Å²) in [5.74, 6) is 1.41. The molecule has 0 N–H and O–H groups in total. The SMILES string of the molecule is C=CCc1cc(C=CC(=O)c2ccc(OC(=O)C(C)(C)C)cc2)c(OCCCC)cc1OCCCC. The molecule has 0 heterocycles. The molecule has 2 aromatic carbocycles. The molecule has 0 atom stereocenters. The van der Waals surface area contributed by atoms with Crippen molar-refractivity contribution in [3.8, 4) is 17.2 Å². The van der Waals surface area contributed by atoms with Crippen molar-refractivity contribution in [1.82, 2.24) is 0 Å². The molecule has 5 nitrogen and oxygen atoms in total. The van der Waals surface area contributed by atoms with Crippen LogP contribution in [0.1, 0.15) is 81.8 Å². The van der Waals surface area contributed by atoms with Crippen molar-refractivity contribution in [3.05, 3.63) is 71.8 Å². The van der Waals surface area contributed by atoms with Gasteiger partial charge in [0.05, 0.1) is 18.6 Å². The van der Waals surface area contributed by atoms with Crippen molar-refractivity contribution in [3.63, 3.8) is 0 Å². The maximum absolute atomic E-state index is 12.9. The maximum atomic E-state index is 12.9. The minimum atomic E-state index is -0.602. The van der Waals surface area contributed by atoms with Crippen LogP contribution in [-0.2, 0) is 11.2 Å². The van der Waals surface area contributed by atoms with E-state index in [2.05, 4.69) is 20.4 Å². The molecule has 0 spiro atoms. The Morgan fingerprint density at radius 1 is 0.917 bits per heavy atom. The fourth-order valence-electron chi connectivity index (χ4n) is 3.19. The summed E-state index contributed by atoms with van der Waals surface area (Å²) in [5, 5.41) is 0. The fraction of sp³-hybridized carbons (Fsp3) is 0.419. The van der Waals surface area contributed by atoms with Gasteiger partial charge < -0.3 is 14.2 Å². The summed E-state index contributed by atoms with van der Waals surface area (Å²) in [6.45, 7) is 14.7. The molecule has 0 aliphatic rings. The summed E-state index contributed by atoms with van der Waals surface area (Å²) in [4.78, 5) is 24.9. The summed E-state index contributed by atoms with van der Waals surface area (Å²) in [6.07, 6.45) is 9.80. The second-order valence-corrected chi connectivity index (χ2v) is 9.76. The monoisotopic (exact) mass is 492 g/mol. The Kier molecular flexibility index (Phi) is 11.5. The van der Waals surface area contributed by atoms with Crippen molar-refractivity contribution < 1.29 is 23.8 Å². The lowest BCUT2D eigenvalue weighted by molar-refractivity contribution is -0.143. The molecule has 0 unspecified atom stereocenters. The van der Waals surface area contributed by atoms with Crippen LogP contribution in [0, 0.1) is 5.41 Å². The number of ether oxygens (including phenoxy) is 3. The standard InChI is InChI=1S/C31H40O5/c1-7-10-19-34-28-22-29(35-20-11-8-2)25(21-24(28)12-9-3)15-18-27(32)23-13-16-26(17-14-23)36-30(33)31(4,5)6/h9,13-18,21-22H,3,7-8,10-12,19-20H2,1-2,4-6H3. The summed E-state index contributed by atoms with van der Waals surface area (Å²) in [5.41, 5.74) is 1.71. The normalized spacial score (nSPS) is 11.4.